The van der Waals surface area contributed by atoms with E-state index in [1.807, 2.05) is 0 Å². The van der Waals surface area contributed by atoms with Gasteiger partial charge in [-0.2, -0.15) is 0 Å². The molecule has 0 spiro atoms. The molecule has 0 heterocycles. The maximum Gasteiger partial charge on any atom is 0.223 e. The molecule has 0 aromatic carbocycles. The van der Waals surface area contributed by atoms with Gasteiger partial charge in [0.05, 0.1) is 5.84 Å². The summed E-state index contributed by atoms with van der Waals surface area (Å²) in [6.45, 7) is 0.458. The van der Waals surface area contributed by atoms with Gasteiger partial charge in [0.15, 0.2) is 0 Å². The fourth-order valence-electron chi connectivity index (χ4n) is 1.72. The lowest BCUT2D eigenvalue weighted by Gasteiger charge is -2.09. The van der Waals surface area contributed by atoms with Crippen molar-refractivity contribution in [3.63, 3.8) is 0 Å². The summed E-state index contributed by atoms with van der Waals surface area (Å²) in [5.41, 5.74) is 10.9. The molecule has 1 fully saturated rings. The Bertz CT molecular complexity index is 229. The monoisotopic (exact) mass is 198 g/mol. The van der Waals surface area contributed by atoms with Crippen molar-refractivity contribution in [1.29, 1.82) is 5.41 Å². The van der Waals surface area contributed by atoms with Crippen LogP contribution in [0.2, 0.25) is 0 Å². The Labute approximate surface area is 83.7 Å². The normalized spacial score (nSPS) is 26.1. The second-order valence-corrected chi connectivity index (χ2v) is 3.84. The quantitative estimate of drug-likeness (QED) is 0.363. The van der Waals surface area contributed by atoms with E-state index in [4.69, 9.17) is 16.9 Å². The van der Waals surface area contributed by atoms with Gasteiger partial charge < -0.3 is 16.8 Å². The largest absolute Gasteiger partial charge is 0.388 e. The van der Waals surface area contributed by atoms with Gasteiger partial charge in [0.1, 0.15) is 0 Å². The predicted octanol–water partition coefficient (Wildman–Crippen LogP) is -0.444. The highest BCUT2D eigenvalue weighted by atomic mass is 16.1. The molecule has 0 unspecified atom stereocenters. The van der Waals surface area contributed by atoms with Gasteiger partial charge in [-0.25, -0.2) is 0 Å². The number of amides is 1. The molecule has 5 nitrogen and oxygen atoms in total. The smallest absolute Gasteiger partial charge is 0.223 e. The highest BCUT2D eigenvalue weighted by Gasteiger charge is 2.27. The maximum atomic E-state index is 11.5. The second kappa shape index (κ2) is 4.95. The Kier molecular flexibility index (Phi) is 3.88. The lowest BCUT2D eigenvalue weighted by atomic mass is 10.1. The summed E-state index contributed by atoms with van der Waals surface area (Å²) < 4.78 is 0. The highest BCUT2D eigenvalue weighted by Crippen LogP contribution is 2.23. The van der Waals surface area contributed by atoms with Crippen LogP contribution in [0.5, 0.6) is 0 Å². The van der Waals surface area contributed by atoms with Crippen molar-refractivity contribution in [3.05, 3.63) is 0 Å². The highest BCUT2D eigenvalue weighted by molar-refractivity contribution is 5.81. The van der Waals surface area contributed by atoms with E-state index in [9.17, 15) is 4.79 Å². The molecule has 1 amide bonds. The van der Waals surface area contributed by atoms with Crippen LogP contribution >= 0.6 is 0 Å². The number of rotatable bonds is 4. The Hall–Kier alpha value is -1.10. The van der Waals surface area contributed by atoms with E-state index in [2.05, 4.69) is 5.32 Å². The molecule has 14 heavy (non-hydrogen) atoms. The van der Waals surface area contributed by atoms with Gasteiger partial charge in [0, 0.05) is 24.9 Å². The first-order valence-corrected chi connectivity index (χ1v) is 4.95. The Balaban J connectivity index is 2.18. The van der Waals surface area contributed by atoms with E-state index in [1.165, 1.54) is 0 Å². The summed E-state index contributed by atoms with van der Waals surface area (Å²) in [7, 11) is 0. The van der Waals surface area contributed by atoms with E-state index >= 15 is 0 Å². The number of nitrogens with one attached hydrogen (secondary N) is 2. The summed E-state index contributed by atoms with van der Waals surface area (Å²) in [6, 6.07) is 0.179. The molecule has 1 aliphatic rings. The second-order valence-electron chi connectivity index (χ2n) is 3.84. The number of carbonyl (C=O) groups excluding carboxylic acids is 1. The summed E-state index contributed by atoms with van der Waals surface area (Å²) >= 11 is 0. The molecule has 0 radical (unpaired) electrons. The van der Waals surface area contributed by atoms with Gasteiger partial charge in [-0.3, -0.25) is 10.2 Å². The van der Waals surface area contributed by atoms with Crippen molar-refractivity contribution in [2.75, 3.05) is 6.54 Å². The molecule has 80 valence electrons. The number of hydrogen-bond acceptors (Lipinski definition) is 3. The molecular weight excluding hydrogens is 180 g/mol. The molecule has 0 aromatic heterocycles. The predicted molar refractivity (Wildman–Crippen MR) is 54.9 cm³/mol. The zero-order valence-electron chi connectivity index (χ0n) is 8.25. The van der Waals surface area contributed by atoms with Crippen LogP contribution in [0.4, 0.5) is 0 Å². The zero-order chi connectivity index (χ0) is 10.6. The SMILES string of the molecule is N=C(N)CCNC(=O)[C@@H]1CC[C@H](N)C1. The molecule has 2 atom stereocenters. The fraction of sp³-hybridized carbons (Fsp3) is 0.778. The van der Waals surface area contributed by atoms with Gasteiger partial charge >= 0.3 is 0 Å². The topological polar surface area (TPSA) is 105 Å². The van der Waals surface area contributed by atoms with Crippen LogP contribution < -0.4 is 16.8 Å². The summed E-state index contributed by atoms with van der Waals surface area (Å²) in [5, 5.41) is 9.75. The van der Waals surface area contributed by atoms with Crippen molar-refractivity contribution >= 4 is 11.7 Å². The van der Waals surface area contributed by atoms with Gasteiger partial charge in [-0.05, 0) is 19.3 Å². The molecule has 1 saturated carbocycles. The molecule has 5 heteroatoms. The van der Waals surface area contributed by atoms with Gasteiger partial charge in [-0.15, -0.1) is 0 Å². The van der Waals surface area contributed by atoms with E-state index < -0.39 is 0 Å². The Morgan fingerprint density at radius 2 is 2.21 bits per heavy atom. The van der Waals surface area contributed by atoms with Gasteiger partial charge in [0.25, 0.3) is 0 Å². The third-order valence-corrected chi connectivity index (χ3v) is 2.54. The fourth-order valence-corrected chi connectivity index (χ4v) is 1.72. The van der Waals surface area contributed by atoms with Crippen molar-refractivity contribution < 1.29 is 4.79 Å². The molecule has 0 aromatic rings. The summed E-state index contributed by atoms with van der Waals surface area (Å²) in [4.78, 5) is 11.5. The third kappa shape index (κ3) is 3.33. The zero-order valence-corrected chi connectivity index (χ0v) is 8.25. The molecule has 0 aliphatic heterocycles. The summed E-state index contributed by atoms with van der Waals surface area (Å²) in [5.74, 6) is 0.226. The van der Waals surface area contributed by atoms with Crippen LogP contribution in [0.1, 0.15) is 25.7 Å². The Morgan fingerprint density at radius 1 is 1.50 bits per heavy atom. The van der Waals surface area contributed by atoms with Crippen LogP contribution in [0.3, 0.4) is 0 Å². The van der Waals surface area contributed by atoms with Crippen molar-refractivity contribution in [2.45, 2.75) is 31.7 Å². The average Bonchev–Trinajstić information content (AvgIpc) is 2.51. The first-order chi connectivity index (χ1) is 6.59. The first-order valence-electron chi connectivity index (χ1n) is 4.95. The van der Waals surface area contributed by atoms with E-state index in [0.717, 1.165) is 19.3 Å². The number of amidine groups is 1. The van der Waals surface area contributed by atoms with Crippen LogP contribution in [0.25, 0.3) is 0 Å². The van der Waals surface area contributed by atoms with Gasteiger partial charge in [-0.1, -0.05) is 0 Å². The lowest BCUT2D eigenvalue weighted by molar-refractivity contribution is -0.124. The third-order valence-electron chi connectivity index (χ3n) is 2.54. The van der Waals surface area contributed by atoms with Crippen molar-refractivity contribution in [3.8, 4) is 0 Å². The summed E-state index contributed by atoms with van der Waals surface area (Å²) in [6.07, 6.45) is 3.02. The molecule has 1 aliphatic carbocycles. The van der Waals surface area contributed by atoms with E-state index in [0.29, 0.717) is 13.0 Å². The molecular formula is C9H18N4O. The van der Waals surface area contributed by atoms with Gasteiger partial charge in [0.2, 0.25) is 5.91 Å². The minimum Gasteiger partial charge on any atom is -0.388 e. The Morgan fingerprint density at radius 3 is 2.71 bits per heavy atom. The van der Waals surface area contributed by atoms with Crippen molar-refractivity contribution in [2.24, 2.45) is 17.4 Å². The standard InChI is InChI=1S/C9H18N4O/c10-7-2-1-6(5-7)9(14)13-4-3-8(11)12/h6-7H,1-5,10H2,(H3,11,12)(H,13,14)/t6-,7+/m1/s1. The number of nitrogens with two attached hydrogens (primary N) is 2. The molecule has 6 N–H and O–H groups in total. The molecule has 0 bridgehead atoms. The molecule has 1 rings (SSSR count). The lowest BCUT2D eigenvalue weighted by Crippen LogP contribution is -2.32. The number of hydrogen-bond donors (Lipinski definition) is 4. The van der Waals surface area contributed by atoms with Crippen LogP contribution in [-0.4, -0.2) is 24.3 Å². The van der Waals surface area contributed by atoms with Crippen molar-refractivity contribution in [1.82, 2.24) is 5.32 Å². The van der Waals surface area contributed by atoms with Crippen LogP contribution in [-0.2, 0) is 4.79 Å². The van der Waals surface area contributed by atoms with Crippen LogP contribution in [0.15, 0.2) is 0 Å². The minimum atomic E-state index is 0.0548. The average molecular weight is 198 g/mol. The first kappa shape index (κ1) is 11.0. The number of carbonyl (C=O) groups is 1. The minimum absolute atomic E-state index is 0.0548. The van der Waals surface area contributed by atoms with Crippen LogP contribution in [0, 0.1) is 11.3 Å². The molecule has 0 saturated heterocycles. The maximum absolute atomic E-state index is 11.5. The van der Waals surface area contributed by atoms with E-state index in [-0.39, 0.29) is 23.7 Å². The van der Waals surface area contributed by atoms with E-state index in [1.54, 1.807) is 0 Å².